The van der Waals surface area contributed by atoms with E-state index in [0.717, 1.165) is 31.9 Å². The number of fused-ring (bicyclic) bond motifs is 1. The van der Waals surface area contributed by atoms with E-state index in [1.807, 2.05) is 12.1 Å². The lowest BCUT2D eigenvalue weighted by atomic mass is 10.2. The fraction of sp³-hybridized carbons (Fsp3) is 0.259. The minimum absolute atomic E-state index is 0.249. The lowest BCUT2D eigenvalue weighted by Crippen LogP contribution is -2.44. The van der Waals surface area contributed by atoms with Gasteiger partial charge >= 0.3 is 5.97 Å². The Hall–Kier alpha value is -4.44. The number of aromatic nitrogens is 4. The molecule has 3 heterocycles. The van der Waals surface area contributed by atoms with Crippen LogP contribution in [0.25, 0.3) is 16.7 Å². The lowest BCUT2D eigenvalue weighted by molar-refractivity contribution is 0.0600. The predicted molar refractivity (Wildman–Crippen MR) is 144 cm³/mol. The van der Waals surface area contributed by atoms with Crippen molar-refractivity contribution in [3.63, 3.8) is 0 Å². The number of hydrogen-bond acceptors (Lipinski definition) is 8. The second kappa shape index (κ2) is 10.3. The summed E-state index contributed by atoms with van der Waals surface area (Å²) >= 11 is 0. The van der Waals surface area contributed by atoms with E-state index in [2.05, 4.69) is 50.8 Å². The summed E-state index contributed by atoms with van der Waals surface area (Å²) in [7, 11) is 3.47. The third-order valence-corrected chi connectivity index (χ3v) is 6.48. The highest BCUT2D eigenvalue weighted by Crippen LogP contribution is 2.23. The van der Waals surface area contributed by atoms with E-state index in [1.54, 1.807) is 35.0 Å². The summed E-state index contributed by atoms with van der Waals surface area (Å²) in [6.07, 6.45) is 3.15. The Kier molecular flexibility index (Phi) is 6.74. The summed E-state index contributed by atoms with van der Waals surface area (Å²) in [5.74, 6) is -0.110. The molecule has 4 aromatic rings. The maximum atomic E-state index is 13.2. The zero-order chi connectivity index (χ0) is 25.9. The third kappa shape index (κ3) is 4.83. The van der Waals surface area contributed by atoms with E-state index in [9.17, 15) is 9.59 Å². The number of hydrogen-bond donors (Lipinski definition) is 1. The van der Waals surface area contributed by atoms with Gasteiger partial charge in [-0.05, 0) is 49.5 Å². The number of nitrogens with zero attached hydrogens (tertiary/aromatic N) is 6. The summed E-state index contributed by atoms with van der Waals surface area (Å²) in [5.41, 5.74) is 3.15. The van der Waals surface area contributed by atoms with E-state index in [0.29, 0.717) is 28.2 Å². The predicted octanol–water partition coefficient (Wildman–Crippen LogP) is 3.05. The van der Waals surface area contributed by atoms with Crippen LogP contribution >= 0.6 is 0 Å². The Labute approximate surface area is 214 Å². The molecule has 0 saturated carbocycles. The van der Waals surface area contributed by atoms with Crippen molar-refractivity contribution in [3.8, 4) is 5.69 Å². The van der Waals surface area contributed by atoms with Gasteiger partial charge in [-0.25, -0.2) is 19.1 Å². The molecule has 2 aromatic heterocycles. The summed E-state index contributed by atoms with van der Waals surface area (Å²) in [6, 6.07) is 15.0. The molecule has 0 amide bonds. The fourth-order valence-corrected chi connectivity index (χ4v) is 4.47. The van der Waals surface area contributed by atoms with Crippen molar-refractivity contribution in [1.82, 2.24) is 24.2 Å². The number of likely N-dealkylation sites (N-methyl/N-ethyl adjacent to an activating group) is 1. The molecule has 37 heavy (non-hydrogen) atoms. The monoisotopic (exact) mass is 499 g/mol. The fourth-order valence-electron chi connectivity index (χ4n) is 4.47. The van der Waals surface area contributed by atoms with Crippen LogP contribution in [-0.2, 0) is 11.3 Å². The second-order valence-corrected chi connectivity index (χ2v) is 8.92. The number of ether oxygens (including phenoxy) is 1. The van der Waals surface area contributed by atoms with Crippen molar-refractivity contribution in [3.05, 3.63) is 83.3 Å². The molecule has 10 heteroatoms. The molecule has 0 spiro atoms. The van der Waals surface area contributed by atoms with Gasteiger partial charge in [0.05, 0.1) is 24.9 Å². The molecule has 0 bridgehead atoms. The SMILES string of the molecule is C=CCn1c(=O)c2cnc(Nc3ccc(N4CCN(C)CC4)cc3)nc2n1-c1cccc(C(=O)OC)c1. The normalized spacial score (nSPS) is 14.1. The number of methoxy groups -OCH3 is 1. The van der Waals surface area contributed by atoms with Gasteiger partial charge in [-0.3, -0.25) is 4.79 Å². The molecule has 0 unspecified atom stereocenters. The topological polar surface area (TPSA) is 97.5 Å². The molecular formula is C27H29N7O3. The number of anilines is 3. The Morgan fingerprint density at radius 2 is 1.86 bits per heavy atom. The molecule has 10 nitrogen and oxygen atoms in total. The average molecular weight is 500 g/mol. The molecule has 2 aromatic carbocycles. The first-order valence-electron chi connectivity index (χ1n) is 12.1. The van der Waals surface area contributed by atoms with Crippen LogP contribution in [0.2, 0.25) is 0 Å². The molecule has 5 rings (SSSR count). The van der Waals surface area contributed by atoms with Crippen LogP contribution in [0.3, 0.4) is 0 Å². The standard InChI is InChI=1S/C27H29N7O3/c1-4-12-33-25(35)23-18-28-27(29-20-8-10-21(11-9-20)32-15-13-31(2)14-16-32)30-24(23)34(33)22-7-5-6-19(17-22)26(36)37-3/h4-11,17-18H,1,12-16H2,2-3H3,(H,28,29,30). The molecule has 1 saturated heterocycles. The number of allylic oxidation sites excluding steroid dienone is 1. The van der Waals surface area contributed by atoms with Crippen molar-refractivity contribution in [2.24, 2.45) is 0 Å². The van der Waals surface area contributed by atoms with Crippen LogP contribution in [0.15, 0.2) is 72.2 Å². The van der Waals surface area contributed by atoms with Gasteiger partial charge in [-0.1, -0.05) is 12.1 Å². The number of piperazine rings is 1. The largest absolute Gasteiger partial charge is 0.465 e. The zero-order valence-electron chi connectivity index (χ0n) is 20.9. The molecule has 1 aliphatic rings. The quantitative estimate of drug-likeness (QED) is 0.306. The number of benzene rings is 2. The summed E-state index contributed by atoms with van der Waals surface area (Å²) in [6.45, 7) is 8.13. The third-order valence-electron chi connectivity index (χ3n) is 6.48. The minimum Gasteiger partial charge on any atom is -0.465 e. The Bertz CT molecular complexity index is 1500. The summed E-state index contributed by atoms with van der Waals surface area (Å²) < 4.78 is 8.05. The van der Waals surface area contributed by atoms with E-state index >= 15 is 0 Å². The smallest absolute Gasteiger partial charge is 0.337 e. The van der Waals surface area contributed by atoms with Crippen molar-refractivity contribution in [2.75, 3.05) is 50.6 Å². The van der Waals surface area contributed by atoms with Gasteiger partial charge in [-0.2, -0.15) is 4.98 Å². The van der Waals surface area contributed by atoms with Crippen LogP contribution in [0.1, 0.15) is 10.4 Å². The first kappa shape index (κ1) is 24.3. The highest BCUT2D eigenvalue weighted by molar-refractivity contribution is 5.90. The Morgan fingerprint density at radius 3 is 2.57 bits per heavy atom. The Balaban J connectivity index is 1.49. The van der Waals surface area contributed by atoms with Crippen molar-refractivity contribution in [2.45, 2.75) is 6.54 Å². The molecular weight excluding hydrogens is 470 g/mol. The first-order chi connectivity index (χ1) is 18.0. The molecule has 1 aliphatic heterocycles. The van der Waals surface area contributed by atoms with E-state index in [-0.39, 0.29) is 12.1 Å². The highest BCUT2D eigenvalue weighted by Gasteiger charge is 2.18. The van der Waals surface area contributed by atoms with Gasteiger partial charge in [0.1, 0.15) is 5.39 Å². The number of carbonyl (C=O) groups excluding carboxylic acids is 1. The van der Waals surface area contributed by atoms with E-state index < -0.39 is 5.97 Å². The van der Waals surface area contributed by atoms with Crippen LogP contribution in [-0.4, -0.2) is 70.5 Å². The van der Waals surface area contributed by atoms with E-state index in [1.165, 1.54) is 23.7 Å². The van der Waals surface area contributed by atoms with Crippen molar-refractivity contribution >= 4 is 34.3 Å². The van der Waals surface area contributed by atoms with Gasteiger partial charge in [-0.15, -0.1) is 6.58 Å². The van der Waals surface area contributed by atoms with Gasteiger partial charge in [0, 0.05) is 43.8 Å². The van der Waals surface area contributed by atoms with Crippen LogP contribution < -0.4 is 15.8 Å². The minimum atomic E-state index is -0.465. The van der Waals surface area contributed by atoms with Gasteiger partial charge in [0.2, 0.25) is 5.95 Å². The molecule has 190 valence electrons. The Morgan fingerprint density at radius 1 is 1.11 bits per heavy atom. The average Bonchev–Trinajstić information content (AvgIpc) is 3.20. The summed E-state index contributed by atoms with van der Waals surface area (Å²) in [4.78, 5) is 39.0. The van der Waals surface area contributed by atoms with Crippen molar-refractivity contribution in [1.29, 1.82) is 0 Å². The van der Waals surface area contributed by atoms with Crippen molar-refractivity contribution < 1.29 is 9.53 Å². The molecule has 1 N–H and O–H groups in total. The van der Waals surface area contributed by atoms with Gasteiger partial charge in [0.25, 0.3) is 5.56 Å². The number of esters is 1. The zero-order valence-corrected chi connectivity index (χ0v) is 20.9. The molecule has 0 radical (unpaired) electrons. The number of nitrogens with one attached hydrogen (secondary N) is 1. The second-order valence-electron chi connectivity index (χ2n) is 8.92. The summed E-state index contributed by atoms with van der Waals surface area (Å²) in [5, 5.41) is 3.61. The first-order valence-corrected chi connectivity index (χ1v) is 12.1. The highest BCUT2D eigenvalue weighted by atomic mass is 16.5. The molecule has 0 aliphatic carbocycles. The number of rotatable bonds is 7. The molecule has 0 atom stereocenters. The maximum Gasteiger partial charge on any atom is 0.337 e. The van der Waals surface area contributed by atoms with Gasteiger partial charge in [0.15, 0.2) is 5.65 Å². The van der Waals surface area contributed by atoms with E-state index in [4.69, 9.17) is 4.74 Å². The molecule has 1 fully saturated rings. The van der Waals surface area contributed by atoms with Crippen LogP contribution in [0.4, 0.5) is 17.3 Å². The maximum absolute atomic E-state index is 13.2. The van der Waals surface area contributed by atoms with Gasteiger partial charge < -0.3 is 19.9 Å². The number of carbonyl (C=O) groups is 1. The van der Waals surface area contributed by atoms with Crippen LogP contribution in [0.5, 0.6) is 0 Å². The lowest BCUT2D eigenvalue weighted by Gasteiger charge is -2.34. The van der Waals surface area contributed by atoms with Crippen LogP contribution in [0, 0.1) is 0 Å².